The van der Waals surface area contributed by atoms with Gasteiger partial charge in [0.05, 0.1) is 6.04 Å². The molecule has 3 aromatic rings. The smallest absolute Gasteiger partial charge is 0.254 e. The molecule has 1 aliphatic heterocycles. The van der Waals surface area contributed by atoms with Crippen LogP contribution in [0.4, 0.5) is 0 Å². The molecule has 1 atom stereocenters. The standard InChI is InChI=1S/C19H18N4O3/c1-12-21-17(22-26-12)13-5-2-6-14(11-13)19(25)23-10-4-8-16(23)15-7-3-9-20-18(15)24/h2-3,5-7,9,11,16H,4,8,10H2,1H3,(H,20,24). The van der Waals surface area contributed by atoms with E-state index in [2.05, 4.69) is 15.1 Å². The lowest BCUT2D eigenvalue weighted by atomic mass is 10.0. The molecule has 1 aliphatic rings. The first-order chi connectivity index (χ1) is 12.6. The van der Waals surface area contributed by atoms with Gasteiger partial charge in [-0.3, -0.25) is 9.59 Å². The van der Waals surface area contributed by atoms with Gasteiger partial charge in [-0.1, -0.05) is 17.3 Å². The molecule has 0 radical (unpaired) electrons. The second-order valence-electron chi connectivity index (χ2n) is 6.33. The van der Waals surface area contributed by atoms with Crippen LogP contribution in [0.3, 0.4) is 0 Å². The van der Waals surface area contributed by atoms with Crippen molar-refractivity contribution < 1.29 is 9.32 Å². The number of likely N-dealkylation sites (tertiary alicyclic amines) is 1. The zero-order valence-electron chi connectivity index (χ0n) is 14.3. The highest BCUT2D eigenvalue weighted by Gasteiger charge is 2.32. The summed E-state index contributed by atoms with van der Waals surface area (Å²) in [5, 5.41) is 3.90. The van der Waals surface area contributed by atoms with E-state index in [1.54, 1.807) is 48.4 Å². The fourth-order valence-corrected chi connectivity index (χ4v) is 3.40. The van der Waals surface area contributed by atoms with Gasteiger partial charge in [-0.15, -0.1) is 0 Å². The minimum Gasteiger partial charge on any atom is -0.339 e. The van der Waals surface area contributed by atoms with Gasteiger partial charge in [-0.25, -0.2) is 0 Å². The van der Waals surface area contributed by atoms with Gasteiger partial charge in [0.2, 0.25) is 11.7 Å². The number of nitrogens with zero attached hydrogens (tertiary/aromatic N) is 3. The van der Waals surface area contributed by atoms with Crippen LogP contribution in [0.2, 0.25) is 0 Å². The maximum Gasteiger partial charge on any atom is 0.254 e. The molecule has 1 aromatic carbocycles. The Hall–Kier alpha value is -3.22. The van der Waals surface area contributed by atoms with E-state index in [0.717, 1.165) is 18.4 Å². The summed E-state index contributed by atoms with van der Waals surface area (Å²) in [4.78, 5) is 33.9. The van der Waals surface area contributed by atoms with E-state index < -0.39 is 0 Å². The lowest BCUT2D eigenvalue weighted by Gasteiger charge is -2.24. The topological polar surface area (TPSA) is 92.1 Å². The molecular weight excluding hydrogens is 332 g/mol. The summed E-state index contributed by atoms with van der Waals surface area (Å²) in [6.45, 7) is 2.35. The molecule has 4 rings (SSSR count). The summed E-state index contributed by atoms with van der Waals surface area (Å²) in [5.74, 6) is 0.826. The maximum atomic E-state index is 13.1. The van der Waals surface area contributed by atoms with Crippen LogP contribution in [-0.2, 0) is 0 Å². The molecule has 1 saturated heterocycles. The van der Waals surface area contributed by atoms with Crippen LogP contribution in [0.1, 0.15) is 40.7 Å². The van der Waals surface area contributed by atoms with Gasteiger partial charge in [-0.2, -0.15) is 4.98 Å². The summed E-state index contributed by atoms with van der Waals surface area (Å²) in [6.07, 6.45) is 3.25. The Morgan fingerprint density at radius 1 is 1.31 bits per heavy atom. The van der Waals surface area contributed by atoms with Gasteiger partial charge in [0.15, 0.2) is 0 Å². The molecule has 3 heterocycles. The van der Waals surface area contributed by atoms with Crippen molar-refractivity contribution in [3.63, 3.8) is 0 Å². The molecule has 0 spiro atoms. The highest BCUT2D eigenvalue weighted by atomic mass is 16.5. The Balaban J connectivity index is 1.65. The molecule has 1 N–H and O–H groups in total. The number of amides is 1. The third kappa shape index (κ3) is 2.92. The number of hydrogen-bond donors (Lipinski definition) is 1. The van der Waals surface area contributed by atoms with E-state index in [4.69, 9.17) is 4.52 Å². The van der Waals surface area contributed by atoms with Crippen molar-refractivity contribution in [1.29, 1.82) is 0 Å². The van der Waals surface area contributed by atoms with Crippen molar-refractivity contribution >= 4 is 5.91 Å². The van der Waals surface area contributed by atoms with Crippen molar-refractivity contribution in [2.24, 2.45) is 0 Å². The molecule has 132 valence electrons. The molecule has 7 heteroatoms. The first kappa shape index (κ1) is 16.3. The molecule has 1 fully saturated rings. The number of aromatic nitrogens is 3. The normalized spacial score (nSPS) is 16.8. The Kier molecular flexibility index (Phi) is 4.12. The lowest BCUT2D eigenvalue weighted by Crippen LogP contribution is -2.33. The number of carbonyl (C=O) groups is 1. The summed E-state index contributed by atoms with van der Waals surface area (Å²) < 4.78 is 5.01. The molecule has 0 saturated carbocycles. The van der Waals surface area contributed by atoms with Gasteiger partial charge in [0.25, 0.3) is 11.5 Å². The number of aryl methyl sites for hydroxylation is 1. The number of H-pyrrole nitrogens is 1. The average molecular weight is 350 g/mol. The number of hydrogen-bond acceptors (Lipinski definition) is 5. The van der Waals surface area contributed by atoms with Gasteiger partial charge in [-0.05, 0) is 37.1 Å². The summed E-state index contributed by atoms with van der Waals surface area (Å²) in [6, 6.07) is 10.5. The quantitative estimate of drug-likeness (QED) is 0.784. The van der Waals surface area contributed by atoms with Crippen LogP contribution in [0.25, 0.3) is 11.4 Å². The van der Waals surface area contributed by atoms with Crippen LogP contribution in [-0.4, -0.2) is 32.5 Å². The first-order valence-electron chi connectivity index (χ1n) is 8.53. The van der Waals surface area contributed by atoms with E-state index >= 15 is 0 Å². The van der Waals surface area contributed by atoms with Crippen molar-refractivity contribution in [2.75, 3.05) is 6.54 Å². The summed E-state index contributed by atoms with van der Waals surface area (Å²) >= 11 is 0. The number of pyridine rings is 1. The summed E-state index contributed by atoms with van der Waals surface area (Å²) in [7, 11) is 0. The van der Waals surface area contributed by atoms with E-state index in [0.29, 0.717) is 29.4 Å². The number of nitrogens with one attached hydrogen (secondary N) is 1. The predicted octanol–water partition coefficient (Wildman–Crippen LogP) is 2.71. The molecular formula is C19H18N4O3. The Labute approximate surface area is 149 Å². The fraction of sp³-hybridized carbons (Fsp3) is 0.263. The zero-order chi connectivity index (χ0) is 18.1. The number of carbonyl (C=O) groups excluding carboxylic acids is 1. The second kappa shape index (κ2) is 6.59. The SMILES string of the molecule is Cc1nc(-c2cccc(C(=O)N3CCCC3c3ccc[nH]c3=O)c2)no1. The van der Waals surface area contributed by atoms with Gasteiger partial charge >= 0.3 is 0 Å². The maximum absolute atomic E-state index is 13.1. The van der Waals surface area contributed by atoms with Gasteiger partial charge in [0, 0.05) is 36.4 Å². The molecule has 2 aromatic heterocycles. The Morgan fingerprint density at radius 3 is 2.96 bits per heavy atom. The predicted molar refractivity (Wildman–Crippen MR) is 94.5 cm³/mol. The van der Waals surface area contributed by atoms with Crippen molar-refractivity contribution in [2.45, 2.75) is 25.8 Å². The van der Waals surface area contributed by atoms with Crippen molar-refractivity contribution in [3.8, 4) is 11.4 Å². The monoisotopic (exact) mass is 350 g/mol. The minimum atomic E-state index is -0.205. The molecule has 0 bridgehead atoms. The van der Waals surface area contributed by atoms with Crippen LogP contribution in [0.15, 0.2) is 51.9 Å². The Bertz CT molecular complexity index is 1010. The zero-order valence-corrected chi connectivity index (χ0v) is 14.3. The highest BCUT2D eigenvalue weighted by molar-refractivity contribution is 5.95. The van der Waals surface area contributed by atoms with Crippen LogP contribution in [0, 0.1) is 6.92 Å². The van der Waals surface area contributed by atoms with E-state index in [-0.39, 0.29) is 17.5 Å². The molecule has 26 heavy (non-hydrogen) atoms. The van der Waals surface area contributed by atoms with E-state index in [9.17, 15) is 9.59 Å². The van der Waals surface area contributed by atoms with Gasteiger partial charge < -0.3 is 14.4 Å². The second-order valence-corrected chi connectivity index (χ2v) is 6.33. The number of rotatable bonds is 3. The summed E-state index contributed by atoms with van der Waals surface area (Å²) in [5.41, 5.74) is 1.75. The van der Waals surface area contributed by atoms with Crippen molar-refractivity contribution in [1.82, 2.24) is 20.0 Å². The Morgan fingerprint density at radius 2 is 2.19 bits per heavy atom. The number of aromatic amines is 1. The third-order valence-electron chi connectivity index (χ3n) is 4.62. The van der Waals surface area contributed by atoms with Crippen LogP contribution < -0.4 is 5.56 Å². The lowest BCUT2D eigenvalue weighted by molar-refractivity contribution is 0.0735. The molecule has 0 aliphatic carbocycles. The highest BCUT2D eigenvalue weighted by Crippen LogP contribution is 2.31. The minimum absolute atomic E-state index is 0.0992. The molecule has 1 unspecified atom stereocenters. The fourth-order valence-electron chi connectivity index (χ4n) is 3.40. The van der Waals surface area contributed by atoms with Crippen molar-refractivity contribution in [3.05, 3.63) is 70.0 Å². The van der Waals surface area contributed by atoms with Crippen LogP contribution >= 0.6 is 0 Å². The number of benzene rings is 1. The third-order valence-corrected chi connectivity index (χ3v) is 4.62. The van der Waals surface area contributed by atoms with Gasteiger partial charge in [0.1, 0.15) is 0 Å². The van der Waals surface area contributed by atoms with E-state index in [1.807, 2.05) is 6.07 Å². The largest absolute Gasteiger partial charge is 0.339 e. The molecule has 1 amide bonds. The average Bonchev–Trinajstić information content (AvgIpc) is 3.31. The molecule has 7 nitrogen and oxygen atoms in total. The van der Waals surface area contributed by atoms with Crippen LogP contribution in [0.5, 0.6) is 0 Å². The van der Waals surface area contributed by atoms with E-state index in [1.165, 1.54) is 0 Å². The first-order valence-corrected chi connectivity index (χ1v) is 8.53.